The van der Waals surface area contributed by atoms with Gasteiger partial charge in [-0.15, -0.1) is 0 Å². The van der Waals surface area contributed by atoms with E-state index in [0.717, 1.165) is 36.8 Å². The summed E-state index contributed by atoms with van der Waals surface area (Å²) in [5.41, 5.74) is 9.05. The quantitative estimate of drug-likeness (QED) is 0.233. The molecule has 3 N–H and O–H groups in total. The van der Waals surface area contributed by atoms with Gasteiger partial charge in [0.2, 0.25) is 6.29 Å². The third kappa shape index (κ3) is 7.07. The molecule has 3 rings (SSSR count). The number of esters is 1. The number of carbonyl (C=O) groups is 2. The third-order valence-corrected chi connectivity index (χ3v) is 5.43. The smallest absolute Gasteiger partial charge is 0.308 e. The number of nitrogens with one attached hydrogen (secondary N) is 1. The Kier molecular flexibility index (Phi) is 8.87. The normalized spacial score (nSPS) is 15.3. The topological polar surface area (TPSA) is 103 Å². The van der Waals surface area contributed by atoms with Gasteiger partial charge in [0.15, 0.2) is 0 Å². The predicted molar refractivity (Wildman–Crippen MR) is 130 cm³/mol. The Labute approximate surface area is 195 Å². The number of ether oxygens (including phenoxy) is 2. The standard InChI is InChI=1S/C26H33N3O4/c1-3-5-6-16-28-25(27)18-8-10-19(11-9-18)26(31)29-21-13-14-22-20(17-21)12-15-24(32-22)33-23(30)7-4-2/h8-11,13-14,17,24H,3-7,12,15-16H2,1-2H3,(H2,27,28)(H,29,31). The molecular formula is C26H33N3O4. The van der Waals surface area contributed by atoms with Crippen molar-refractivity contribution in [1.82, 2.24) is 0 Å². The van der Waals surface area contributed by atoms with Crippen LogP contribution in [0.15, 0.2) is 47.5 Å². The Balaban J connectivity index is 1.57. The molecule has 0 spiro atoms. The highest BCUT2D eigenvalue weighted by Crippen LogP contribution is 2.30. The second kappa shape index (κ2) is 12.0. The fraction of sp³-hybridized carbons (Fsp3) is 0.423. The van der Waals surface area contributed by atoms with Gasteiger partial charge < -0.3 is 20.5 Å². The monoisotopic (exact) mass is 451 g/mol. The largest absolute Gasteiger partial charge is 0.454 e. The van der Waals surface area contributed by atoms with Crippen LogP contribution in [-0.2, 0) is 16.0 Å². The zero-order chi connectivity index (χ0) is 23.6. The van der Waals surface area contributed by atoms with E-state index in [-0.39, 0.29) is 11.9 Å². The summed E-state index contributed by atoms with van der Waals surface area (Å²) in [6, 6.07) is 12.6. The SMILES string of the molecule is CCCCCN=C(N)c1ccc(C(=O)Nc2ccc3c(c2)CCC(OC(=O)CCC)O3)cc1. The molecule has 1 atom stereocenters. The lowest BCUT2D eigenvalue weighted by atomic mass is 10.0. The fourth-order valence-electron chi connectivity index (χ4n) is 3.58. The van der Waals surface area contributed by atoms with Crippen LogP contribution in [0.1, 0.15) is 73.9 Å². The first-order valence-corrected chi connectivity index (χ1v) is 11.7. The zero-order valence-corrected chi connectivity index (χ0v) is 19.4. The molecule has 7 heteroatoms. The molecule has 7 nitrogen and oxygen atoms in total. The van der Waals surface area contributed by atoms with Crippen molar-refractivity contribution >= 4 is 23.4 Å². The molecule has 0 saturated carbocycles. The van der Waals surface area contributed by atoms with Crippen LogP contribution in [0.25, 0.3) is 0 Å². The maximum Gasteiger partial charge on any atom is 0.308 e. The molecule has 1 unspecified atom stereocenters. The number of aliphatic imine (C=N–C) groups is 1. The van der Waals surface area contributed by atoms with Crippen LogP contribution >= 0.6 is 0 Å². The maximum absolute atomic E-state index is 12.7. The highest BCUT2D eigenvalue weighted by atomic mass is 16.7. The number of fused-ring (bicyclic) bond motifs is 1. The zero-order valence-electron chi connectivity index (χ0n) is 19.4. The van der Waals surface area contributed by atoms with Crippen molar-refractivity contribution in [3.05, 3.63) is 59.2 Å². The number of hydrogen-bond donors (Lipinski definition) is 2. The Morgan fingerprint density at radius 3 is 2.58 bits per heavy atom. The number of benzene rings is 2. The second-order valence-corrected chi connectivity index (χ2v) is 8.15. The van der Waals surface area contributed by atoms with Crippen molar-refractivity contribution in [1.29, 1.82) is 0 Å². The molecule has 1 aliphatic rings. The molecule has 0 bridgehead atoms. The molecule has 1 aliphatic heterocycles. The molecular weight excluding hydrogens is 418 g/mol. The average Bonchev–Trinajstić information content (AvgIpc) is 2.82. The Bertz CT molecular complexity index is 986. The molecule has 0 aliphatic carbocycles. The molecule has 33 heavy (non-hydrogen) atoms. The minimum atomic E-state index is -0.557. The van der Waals surface area contributed by atoms with E-state index in [1.54, 1.807) is 24.3 Å². The number of nitrogens with two attached hydrogens (primary N) is 1. The number of rotatable bonds is 10. The van der Waals surface area contributed by atoms with E-state index in [0.29, 0.717) is 48.6 Å². The lowest BCUT2D eigenvalue weighted by Crippen LogP contribution is -2.28. The van der Waals surface area contributed by atoms with Gasteiger partial charge in [-0.2, -0.15) is 0 Å². The van der Waals surface area contributed by atoms with Gasteiger partial charge in [-0.05, 0) is 55.2 Å². The first-order chi connectivity index (χ1) is 16.0. The first kappa shape index (κ1) is 24.3. The Morgan fingerprint density at radius 2 is 1.85 bits per heavy atom. The number of amides is 1. The summed E-state index contributed by atoms with van der Waals surface area (Å²) >= 11 is 0. The van der Waals surface area contributed by atoms with Crippen LogP contribution in [-0.4, -0.2) is 30.5 Å². The summed E-state index contributed by atoms with van der Waals surface area (Å²) < 4.78 is 11.1. The van der Waals surface area contributed by atoms with Crippen molar-refractivity contribution in [3.63, 3.8) is 0 Å². The van der Waals surface area contributed by atoms with Gasteiger partial charge in [0.1, 0.15) is 11.6 Å². The van der Waals surface area contributed by atoms with E-state index in [1.165, 1.54) is 0 Å². The third-order valence-electron chi connectivity index (χ3n) is 5.43. The van der Waals surface area contributed by atoms with Crippen LogP contribution in [0.3, 0.4) is 0 Å². The van der Waals surface area contributed by atoms with Gasteiger partial charge in [-0.1, -0.05) is 38.8 Å². The Morgan fingerprint density at radius 1 is 1.09 bits per heavy atom. The van der Waals surface area contributed by atoms with Gasteiger partial charge >= 0.3 is 5.97 Å². The summed E-state index contributed by atoms with van der Waals surface area (Å²) in [5.74, 6) is 0.714. The highest BCUT2D eigenvalue weighted by molar-refractivity contribution is 6.05. The van der Waals surface area contributed by atoms with E-state index < -0.39 is 6.29 Å². The van der Waals surface area contributed by atoms with Crippen molar-refractivity contribution in [2.24, 2.45) is 10.7 Å². The number of aryl methyl sites for hydroxylation is 1. The van der Waals surface area contributed by atoms with Crippen LogP contribution < -0.4 is 15.8 Å². The molecule has 0 saturated heterocycles. The summed E-state index contributed by atoms with van der Waals surface area (Å²) in [4.78, 5) is 28.8. The molecule has 0 fully saturated rings. The van der Waals surface area contributed by atoms with Gasteiger partial charge in [0.25, 0.3) is 5.91 Å². The van der Waals surface area contributed by atoms with Crippen LogP contribution in [0.2, 0.25) is 0 Å². The fourth-order valence-corrected chi connectivity index (χ4v) is 3.58. The summed E-state index contributed by atoms with van der Waals surface area (Å²) in [5, 5.41) is 2.92. The van der Waals surface area contributed by atoms with Gasteiger partial charge in [0.05, 0.1) is 0 Å². The summed E-state index contributed by atoms with van der Waals surface area (Å²) in [6.07, 6.45) is 5.16. The first-order valence-electron chi connectivity index (χ1n) is 11.7. The number of nitrogens with zero attached hydrogens (tertiary/aromatic N) is 1. The van der Waals surface area contributed by atoms with Gasteiger partial charge in [-0.3, -0.25) is 14.6 Å². The van der Waals surface area contributed by atoms with Crippen LogP contribution in [0.5, 0.6) is 5.75 Å². The number of hydrogen-bond acceptors (Lipinski definition) is 5. The minimum absolute atomic E-state index is 0.206. The van der Waals surface area contributed by atoms with Gasteiger partial charge in [0, 0.05) is 36.2 Å². The van der Waals surface area contributed by atoms with E-state index >= 15 is 0 Å². The lowest BCUT2D eigenvalue weighted by Gasteiger charge is -2.26. The molecule has 0 aromatic heterocycles. The van der Waals surface area contributed by atoms with Crippen molar-refractivity contribution in [3.8, 4) is 5.75 Å². The van der Waals surface area contributed by atoms with Crippen molar-refractivity contribution in [2.75, 3.05) is 11.9 Å². The van der Waals surface area contributed by atoms with Crippen molar-refractivity contribution in [2.45, 2.75) is 65.1 Å². The molecule has 0 radical (unpaired) electrons. The summed E-state index contributed by atoms with van der Waals surface area (Å²) in [6.45, 7) is 4.80. The predicted octanol–water partition coefficient (Wildman–Crippen LogP) is 4.83. The number of carbonyl (C=O) groups excluding carboxylic acids is 2. The number of amidine groups is 1. The summed E-state index contributed by atoms with van der Waals surface area (Å²) in [7, 11) is 0. The van der Waals surface area contributed by atoms with Crippen molar-refractivity contribution < 1.29 is 19.1 Å². The van der Waals surface area contributed by atoms with Crippen LogP contribution in [0.4, 0.5) is 5.69 Å². The Hall–Kier alpha value is -3.35. The molecule has 1 amide bonds. The lowest BCUT2D eigenvalue weighted by molar-refractivity contribution is -0.165. The molecule has 2 aromatic carbocycles. The van der Waals surface area contributed by atoms with Gasteiger partial charge in [-0.25, -0.2) is 0 Å². The molecule has 176 valence electrons. The second-order valence-electron chi connectivity index (χ2n) is 8.15. The molecule has 2 aromatic rings. The number of unbranched alkanes of at least 4 members (excludes halogenated alkanes) is 2. The van der Waals surface area contributed by atoms with E-state index in [4.69, 9.17) is 15.2 Å². The van der Waals surface area contributed by atoms with Crippen LogP contribution in [0, 0.1) is 0 Å². The van der Waals surface area contributed by atoms with E-state index in [9.17, 15) is 9.59 Å². The molecule has 1 heterocycles. The highest BCUT2D eigenvalue weighted by Gasteiger charge is 2.23. The maximum atomic E-state index is 12.7. The number of anilines is 1. The van der Waals surface area contributed by atoms with E-state index in [1.807, 2.05) is 25.1 Å². The van der Waals surface area contributed by atoms with E-state index in [2.05, 4.69) is 17.2 Å². The minimum Gasteiger partial charge on any atom is -0.454 e. The average molecular weight is 452 g/mol.